The number of para-hydroxylation sites is 1. The first-order valence-corrected chi connectivity index (χ1v) is 12.5. The fourth-order valence-corrected chi connectivity index (χ4v) is 4.69. The maximum absolute atomic E-state index is 13.1. The maximum atomic E-state index is 13.1. The van der Waals surface area contributed by atoms with Gasteiger partial charge >= 0.3 is 0 Å². The molecule has 2 heterocycles. The number of H-pyrrole nitrogens is 1. The quantitative estimate of drug-likeness (QED) is 0.325. The number of pyridine rings is 1. The molecule has 184 valence electrons. The number of aromatic amines is 1. The van der Waals surface area contributed by atoms with Crippen LogP contribution >= 0.6 is 12.2 Å². The topological polar surface area (TPSA) is 66.6 Å². The van der Waals surface area contributed by atoms with E-state index in [1.165, 1.54) is 11.1 Å². The standard InChI is InChI=1S/C29H29N3O3S/c1-4-21-7-5-6-8-24(21)31-29(36)32(15-20-9-10-26-27(13-20)35-17-34-26)16-23-14-22-11-18(2)19(3)12-25(22)30-28(23)33/h5-14H,4,15-17H2,1-3H3,(H,30,33)(H,31,36). The molecule has 0 unspecified atom stereocenters. The van der Waals surface area contributed by atoms with Crippen LogP contribution < -0.4 is 20.3 Å². The highest BCUT2D eigenvalue weighted by molar-refractivity contribution is 7.80. The van der Waals surface area contributed by atoms with Gasteiger partial charge in [0, 0.05) is 23.3 Å². The first-order chi connectivity index (χ1) is 17.4. The maximum Gasteiger partial charge on any atom is 0.253 e. The number of rotatable bonds is 6. The van der Waals surface area contributed by atoms with Gasteiger partial charge in [-0.2, -0.15) is 0 Å². The number of hydrogen-bond donors (Lipinski definition) is 2. The lowest BCUT2D eigenvalue weighted by atomic mass is 10.0. The van der Waals surface area contributed by atoms with E-state index >= 15 is 0 Å². The molecule has 0 spiro atoms. The summed E-state index contributed by atoms with van der Waals surface area (Å²) in [4.78, 5) is 18.1. The van der Waals surface area contributed by atoms with Gasteiger partial charge in [-0.1, -0.05) is 31.2 Å². The summed E-state index contributed by atoms with van der Waals surface area (Å²) in [6, 6.07) is 20.1. The van der Waals surface area contributed by atoms with Crippen LogP contribution in [-0.2, 0) is 19.5 Å². The van der Waals surface area contributed by atoms with Crippen molar-refractivity contribution in [3.8, 4) is 11.5 Å². The number of thiocarbonyl (C=S) groups is 1. The number of anilines is 1. The average Bonchev–Trinajstić information content (AvgIpc) is 3.33. The second-order valence-corrected chi connectivity index (χ2v) is 9.52. The van der Waals surface area contributed by atoms with Crippen LogP contribution in [0.2, 0.25) is 0 Å². The number of nitrogens with zero attached hydrogens (tertiary/aromatic N) is 1. The molecule has 3 aromatic carbocycles. The fourth-order valence-electron chi connectivity index (χ4n) is 4.45. The van der Waals surface area contributed by atoms with E-state index in [1.54, 1.807) is 0 Å². The molecule has 2 N–H and O–H groups in total. The van der Waals surface area contributed by atoms with Crippen LogP contribution in [0, 0.1) is 13.8 Å². The smallest absolute Gasteiger partial charge is 0.253 e. The van der Waals surface area contributed by atoms with Crippen LogP contribution in [0.25, 0.3) is 10.9 Å². The lowest BCUT2D eigenvalue weighted by Crippen LogP contribution is -2.35. The minimum absolute atomic E-state index is 0.113. The summed E-state index contributed by atoms with van der Waals surface area (Å²) in [5.74, 6) is 1.46. The second-order valence-electron chi connectivity index (χ2n) is 9.13. The van der Waals surface area contributed by atoms with Gasteiger partial charge in [0.2, 0.25) is 6.79 Å². The lowest BCUT2D eigenvalue weighted by Gasteiger charge is -2.27. The molecule has 5 rings (SSSR count). The molecular formula is C29H29N3O3S. The highest BCUT2D eigenvalue weighted by Crippen LogP contribution is 2.33. The molecule has 0 bridgehead atoms. The molecule has 0 atom stereocenters. The summed E-state index contributed by atoms with van der Waals surface area (Å²) in [7, 11) is 0. The van der Waals surface area contributed by atoms with Gasteiger partial charge in [-0.3, -0.25) is 4.79 Å². The third kappa shape index (κ3) is 4.93. The highest BCUT2D eigenvalue weighted by atomic mass is 32.1. The molecule has 0 aliphatic carbocycles. The van der Waals surface area contributed by atoms with Crippen LogP contribution in [0.15, 0.2) is 65.5 Å². The Hall–Kier alpha value is -3.84. The van der Waals surface area contributed by atoms with Crippen molar-refractivity contribution in [2.45, 2.75) is 40.3 Å². The molecular weight excluding hydrogens is 470 g/mol. The molecule has 7 heteroatoms. The Labute approximate surface area is 215 Å². The van der Waals surface area contributed by atoms with E-state index in [9.17, 15) is 4.79 Å². The Bertz CT molecular complexity index is 1510. The van der Waals surface area contributed by atoms with E-state index in [2.05, 4.69) is 36.3 Å². The number of benzene rings is 3. The van der Waals surface area contributed by atoms with E-state index in [-0.39, 0.29) is 12.4 Å². The Morgan fingerprint density at radius 3 is 2.58 bits per heavy atom. The van der Waals surface area contributed by atoms with Crippen molar-refractivity contribution in [1.82, 2.24) is 9.88 Å². The second kappa shape index (κ2) is 10.0. The molecule has 1 aromatic heterocycles. The third-order valence-corrected chi connectivity index (χ3v) is 6.99. The minimum atomic E-state index is -0.113. The molecule has 0 fully saturated rings. The van der Waals surface area contributed by atoms with Gasteiger partial charge in [0.15, 0.2) is 16.6 Å². The number of nitrogens with one attached hydrogen (secondary N) is 2. The van der Waals surface area contributed by atoms with Gasteiger partial charge in [-0.25, -0.2) is 0 Å². The van der Waals surface area contributed by atoms with E-state index in [0.29, 0.717) is 23.8 Å². The first-order valence-electron chi connectivity index (χ1n) is 12.1. The van der Waals surface area contributed by atoms with Crippen LogP contribution in [0.3, 0.4) is 0 Å². The summed E-state index contributed by atoms with van der Waals surface area (Å²) < 4.78 is 11.0. The van der Waals surface area contributed by atoms with Crippen molar-refractivity contribution < 1.29 is 9.47 Å². The predicted molar refractivity (Wildman–Crippen MR) is 148 cm³/mol. The molecule has 6 nitrogen and oxygen atoms in total. The minimum Gasteiger partial charge on any atom is -0.454 e. The summed E-state index contributed by atoms with van der Waals surface area (Å²) in [5.41, 5.74) is 6.87. The van der Waals surface area contributed by atoms with Gasteiger partial charge in [0.05, 0.1) is 6.54 Å². The van der Waals surface area contributed by atoms with Crippen molar-refractivity contribution in [3.63, 3.8) is 0 Å². The van der Waals surface area contributed by atoms with Crippen LogP contribution in [0.4, 0.5) is 5.69 Å². The molecule has 1 aliphatic rings. The molecule has 36 heavy (non-hydrogen) atoms. The molecule has 0 saturated heterocycles. The van der Waals surface area contributed by atoms with Crippen molar-refractivity contribution in [3.05, 3.63) is 98.8 Å². The number of fused-ring (bicyclic) bond motifs is 2. The van der Waals surface area contributed by atoms with Gasteiger partial charge in [0.25, 0.3) is 5.56 Å². The Balaban J connectivity index is 1.48. The van der Waals surface area contributed by atoms with E-state index in [4.69, 9.17) is 21.7 Å². The number of aromatic nitrogens is 1. The van der Waals surface area contributed by atoms with Gasteiger partial charge in [-0.05, 0) is 96.5 Å². The van der Waals surface area contributed by atoms with Crippen molar-refractivity contribution in [2.24, 2.45) is 0 Å². The third-order valence-electron chi connectivity index (χ3n) is 6.63. The summed E-state index contributed by atoms with van der Waals surface area (Å²) in [5, 5.41) is 4.97. The summed E-state index contributed by atoms with van der Waals surface area (Å²) in [6.45, 7) is 7.32. The highest BCUT2D eigenvalue weighted by Gasteiger charge is 2.18. The van der Waals surface area contributed by atoms with E-state index in [1.807, 2.05) is 60.4 Å². The van der Waals surface area contributed by atoms with Crippen molar-refractivity contribution >= 4 is 33.9 Å². The molecule has 0 amide bonds. The Kier molecular flexibility index (Phi) is 6.65. The van der Waals surface area contributed by atoms with E-state index < -0.39 is 0 Å². The predicted octanol–water partition coefficient (Wildman–Crippen LogP) is 5.84. The van der Waals surface area contributed by atoms with Gasteiger partial charge < -0.3 is 24.7 Å². The Morgan fingerprint density at radius 1 is 0.972 bits per heavy atom. The van der Waals surface area contributed by atoms with Crippen molar-refractivity contribution in [1.29, 1.82) is 0 Å². The normalized spacial score (nSPS) is 12.1. The van der Waals surface area contributed by atoms with E-state index in [0.717, 1.165) is 45.6 Å². The number of ether oxygens (including phenoxy) is 2. The zero-order chi connectivity index (χ0) is 25.2. The zero-order valence-electron chi connectivity index (χ0n) is 20.7. The average molecular weight is 500 g/mol. The monoisotopic (exact) mass is 499 g/mol. The van der Waals surface area contributed by atoms with Crippen LogP contribution in [0.1, 0.15) is 34.7 Å². The van der Waals surface area contributed by atoms with Crippen molar-refractivity contribution in [2.75, 3.05) is 12.1 Å². The first kappa shape index (κ1) is 23.9. The summed E-state index contributed by atoms with van der Waals surface area (Å²) in [6.07, 6.45) is 0.886. The molecule has 4 aromatic rings. The number of hydrogen-bond acceptors (Lipinski definition) is 4. The molecule has 0 saturated carbocycles. The van der Waals surface area contributed by atoms with Gasteiger partial charge in [0.1, 0.15) is 0 Å². The fraction of sp³-hybridized carbons (Fsp3) is 0.241. The number of aryl methyl sites for hydroxylation is 3. The molecule has 0 radical (unpaired) electrons. The zero-order valence-corrected chi connectivity index (χ0v) is 21.5. The van der Waals surface area contributed by atoms with Crippen LogP contribution in [0.5, 0.6) is 11.5 Å². The Morgan fingerprint density at radius 2 is 1.75 bits per heavy atom. The van der Waals surface area contributed by atoms with Crippen LogP contribution in [-0.4, -0.2) is 21.8 Å². The molecule has 1 aliphatic heterocycles. The SMILES string of the molecule is CCc1ccccc1NC(=S)N(Cc1ccc2c(c1)OCO2)Cc1cc2cc(C)c(C)cc2[nH]c1=O. The lowest BCUT2D eigenvalue weighted by molar-refractivity contribution is 0.174. The van der Waals surface area contributed by atoms with Gasteiger partial charge in [-0.15, -0.1) is 0 Å². The largest absolute Gasteiger partial charge is 0.454 e. The summed E-state index contributed by atoms with van der Waals surface area (Å²) >= 11 is 5.89.